The summed E-state index contributed by atoms with van der Waals surface area (Å²) in [5.74, 6) is 0.850. The molecule has 1 unspecified atom stereocenters. The van der Waals surface area contributed by atoms with Gasteiger partial charge in [-0.25, -0.2) is 4.39 Å². The lowest BCUT2D eigenvalue weighted by molar-refractivity contribution is 0.356. The Labute approximate surface area is 113 Å². The molecule has 1 heterocycles. The first kappa shape index (κ1) is 13.2. The third kappa shape index (κ3) is 3.14. The summed E-state index contributed by atoms with van der Waals surface area (Å²) in [6.07, 6.45) is 0. The first-order valence-corrected chi connectivity index (χ1v) is 6.33. The van der Waals surface area contributed by atoms with E-state index in [2.05, 4.69) is 31.4 Å². The van der Waals surface area contributed by atoms with Gasteiger partial charge in [0, 0.05) is 16.1 Å². The SMILES string of the molecule is Cc1noc(CNC(C)c2cc(Br)ccc2F)n1. The van der Waals surface area contributed by atoms with Gasteiger partial charge in [-0.2, -0.15) is 4.98 Å². The average molecular weight is 314 g/mol. The van der Waals surface area contributed by atoms with Crippen LogP contribution in [-0.4, -0.2) is 10.1 Å². The maximum Gasteiger partial charge on any atom is 0.240 e. The van der Waals surface area contributed by atoms with Crippen molar-refractivity contribution < 1.29 is 8.91 Å². The predicted octanol–water partition coefficient (Wildman–Crippen LogP) is 3.13. The van der Waals surface area contributed by atoms with Crippen LogP contribution in [0.15, 0.2) is 27.2 Å². The van der Waals surface area contributed by atoms with Crippen molar-refractivity contribution in [3.05, 3.63) is 45.8 Å². The van der Waals surface area contributed by atoms with Crippen LogP contribution in [0.25, 0.3) is 0 Å². The van der Waals surface area contributed by atoms with E-state index in [1.165, 1.54) is 6.07 Å². The molecular weight excluding hydrogens is 301 g/mol. The van der Waals surface area contributed by atoms with Gasteiger partial charge in [-0.3, -0.25) is 0 Å². The molecule has 0 aliphatic heterocycles. The topological polar surface area (TPSA) is 51.0 Å². The zero-order valence-electron chi connectivity index (χ0n) is 10.1. The third-order valence-electron chi connectivity index (χ3n) is 2.55. The maximum absolute atomic E-state index is 13.6. The summed E-state index contributed by atoms with van der Waals surface area (Å²) >= 11 is 3.33. The number of aryl methyl sites for hydroxylation is 1. The summed E-state index contributed by atoms with van der Waals surface area (Å²) in [6, 6.07) is 4.72. The van der Waals surface area contributed by atoms with Crippen molar-refractivity contribution in [2.75, 3.05) is 0 Å². The average Bonchev–Trinajstić information content (AvgIpc) is 2.75. The summed E-state index contributed by atoms with van der Waals surface area (Å²) in [7, 11) is 0. The summed E-state index contributed by atoms with van der Waals surface area (Å²) in [4.78, 5) is 4.07. The first-order chi connectivity index (χ1) is 8.56. The molecule has 2 rings (SSSR count). The lowest BCUT2D eigenvalue weighted by Gasteiger charge is -2.13. The molecule has 18 heavy (non-hydrogen) atoms. The molecule has 0 aliphatic carbocycles. The van der Waals surface area contributed by atoms with Crippen molar-refractivity contribution in [1.29, 1.82) is 0 Å². The van der Waals surface area contributed by atoms with Gasteiger partial charge in [-0.1, -0.05) is 21.1 Å². The van der Waals surface area contributed by atoms with Crippen LogP contribution < -0.4 is 5.32 Å². The van der Waals surface area contributed by atoms with Crippen molar-refractivity contribution in [2.45, 2.75) is 26.4 Å². The Hall–Kier alpha value is -1.27. The fraction of sp³-hybridized carbons (Fsp3) is 0.333. The van der Waals surface area contributed by atoms with Crippen LogP contribution in [0, 0.1) is 12.7 Å². The molecule has 4 nitrogen and oxygen atoms in total. The van der Waals surface area contributed by atoms with Crippen LogP contribution in [0.2, 0.25) is 0 Å². The predicted molar refractivity (Wildman–Crippen MR) is 68.4 cm³/mol. The van der Waals surface area contributed by atoms with E-state index in [0.717, 1.165) is 4.47 Å². The number of rotatable bonds is 4. The van der Waals surface area contributed by atoms with Gasteiger partial charge in [-0.15, -0.1) is 0 Å². The van der Waals surface area contributed by atoms with E-state index in [9.17, 15) is 4.39 Å². The molecule has 96 valence electrons. The molecule has 1 aromatic carbocycles. The van der Waals surface area contributed by atoms with Crippen LogP contribution in [0.3, 0.4) is 0 Å². The molecule has 0 saturated carbocycles. The molecular formula is C12H13BrFN3O. The largest absolute Gasteiger partial charge is 0.338 e. The highest BCUT2D eigenvalue weighted by molar-refractivity contribution is 9.10. The molecule has 2 aromatic rings. The van der Waals surface area contributed by atoms with Crippen LogP contribution in [0.1, 0.15) is 30.2 Å². The Morgan fingerprint density at radius 2 is 2.28 bits per heavy atom. The zero-order valence-corrected chi connectivity index (χ0v) is 11.7. The normalized spacial score (nSPS) is 12.7. The van der Waals surface area contributed by atoms with Crippen molar-refractivity contribution in [1.82, 2.24) is 15.5 Å². The van der Waals surface area contributed by atoms with Gasteiger partial charge in [0.2, 0.25) is 5.89 Å². The number of nitrogens with zero attached hydrogens (tertiary/aromatic N) is 2. The smallest absolute Gasteiger partial charge is 0.240 e. The number of hydrogen-bond acceptors (Lipinski definition) is 4. The van der Waals surface area contributed by atoms with Gasteiger partial charge in [0.15, 0.2) is 5.82 Å². The molecule has 0 bridgehead atoms. The van der Waals surface area contributed by atoms with E-state index in [0.29, 0.717) is 23.8 Å². The highest BCUT2D eigenvalue weighted by Gasteiger charge is 2.12. The molecule has 0 spiro atoms. The second kappa shape index (κ2) is 5.58. The standard InChI is InChI=1S/C12H13BrFN3O/c1-7(10-5-9(13)3-4-11(10)14)15-6-12-16-8(2)17-18-12/h3-5,7,15H,6H2,1-2H3. The van der Waals surface area contributed by atoms with Crippen LogP contribution in [0.4, 0.5) is 4.39 Å². The Bertz CT molecular complexity index is 544. The Morgan fingerprint density at radius 3 is 2.94 bits per heavy atom. The molecule has 0 saturated heterocycles. The molecule has 6 heteroatoms. The van der Waals surface area contributed by atoms with E-state index in [4.69, 9.17) is 4.52 Å². The fourth-order valence-electron chi connectivity index (χ4n) is 1.61. The minimum Gasteiger partial charge on any atom is -0.338 e. The summed E-state index contributed by atoms with van der Waals surface area (Å²) in [6.45, 7) is 4.05. The molecule has 0 aliphatic rings. The monoisotopic (exact) mass is 313 g/mol. The molecule has 1 atom stereocenters. The Morgan fingerprint density at radius 1 is 1.50 bits per heavy atom. The van der Waals surface area contributed by atoms with Crippen LogP contribution >= 0.6 is 15.9 Å². The van der Waals surface area contributed by atoms with Gasteiger partial charge < -0.3 is 9.84 Å². The number of nitrogens with one attached hydrogen (secondary N) is 1. The van der Waals surface area contributed by atoms with Crippen LogP contribution in [-0.2, 0) is 6.54 Å². The lowest BCUT2D eigenvalue weighted by Crippen LogP contribution is -2.19. The highest BCUT2D eigenvalue weighted by atomic mass is 79.9. The first-order valence-electron chi connectivity index (χ1n) is 5.54. The summed E-state index contributed by atoms with van der Waals surface area (Å²) in [5.41, 5.74) is 0.598. The van der Waals surface area contributed by atoms with E-state index < -0.39 is 0 Å². The third-order valence-corrected chi connectivity index (χ3v) is 3.05. The quantitative estimate of drug-likeness (QED) is 0.942. The second-order valence-electron chi connectivity index (χ2n) is 4.00. The summed E-state index contributed by atoms with van der Waals surface area (Å²) < 4.78 is 19.5. The van der Waals surface area contributed by atoms with E-state index in [-0.39, 0.29) is 11.9 Å². The van der Waals surface area contributed by atoms with Gasteiger partial charge in [-0.05, 0) is 32.0 Å². The zero-order chi connectivity index (χ0) is 13.1. The van der Waals surface area contributed by atoms with Crippen LogP contribution in [0.5, 0.6) is 0 Å². The van der Waals surface area contributed by atoms with E-state index in [1.54, 1.807) is 19.1 Å². The molecule has 1 aromatic heterocycles. The van der Waals surface area contributed by atoms with Crippen molar-refractivity contribution >= 4 is 15.9 Å². The Kier molecular flexibility index (Phi) is 4.08. The van der Waals surface area contributed by atoms with E-state index >= 15 is 0 Å². The van der Waals surface area contributed by atoms with Crippen molar-refractivity contribution in [3.8, 4) is 0 Å². The van der Waals surface area contributed by atoms with Crippen molar-refractivity contribution in [2.24, 2.45) is 0 Å². The van der Waals surface area contributed by atoms with E-state index in [1.807, 2.05) is 6.92 Å². The molecule has 0 amide bonds. The fourth-order valence-corrected chi connectivity index (χ4v) is 1.99. The number of aromatic nitrogens is 2. The summed E-state index contributed by atoms with van der Waals surface area (Å²) in [5, 5.41) is 6.83. The Balaban J connectivity index is 2.03. The number of benzene rings is 1. The molecule has 0 fully saturated rings. The van der Waals surface area contributed by atoms with Crippen molar-refractivity contribution in [3.63, 3.8) is 0 Å². The number of halogens is 2. The minimum absolute atomic E-state index is 0.144. The highest BCUT2D eigenvalue weighted by Crippen LogP contribution is 2.21. The van der Waals surface area contributed by atoms with Gasteiger partial charge in [0.05, 0.1) is 6.54 Å². The number of hydrogen-bond donors (Lipinski definition) is 1. The van der Waals surface area contributed by atoms with Gasteiger partial charge in [0.1, 0.15) is 5.82 Å². The van der Waals surface area contributed by atoms with Gasteiger partial charge in [0.25, 0.3) is 0 Å². The maximum atomic E-state index is 13.6. The molecule has 1 N–H and O–H groups in total. The second-order valence-corrected chi connectivity index (χ2v) is 4.92. The van der Waals surface area contributed by atoms with Gasteiger partial charge >= 0.3 is 0 Å². The lowest BCUT2D eigenvalue weighted by atomic mass is 10.1. The molecule has 0 radical (unpaired) electrons. The minimum atomic E-state index is -0.236.